The van der Waals surface area contributed by atoms with Gasteiger partial charge in [-0.3, -0.25) is 10.1 Å². The maximum Gasteiger partial charge on any atom is 0.237 e. The van der Waals surface area contributed by atoms with Crippen LogP contribution < -0.4 is 10.1 Å². The van der Waals surface area contributed by atoms with Gasteiger partial charge in [0.1, 0.15) is 5.75 Å². The van der Waals surface area contributed by atoms with Crippen molar-refractivity contribution < 1.29 is 9.53 Å². The van der Waals surface area contributed by atoms with Crippen LogP contribution in [0.5, 0.6) is 5.75 Å². The molecule has 0 aliphatic carbocycles. The number of benzene rings is 1. The first-order chi connectivity index (χ1) is 7.29. The predicted octanol–water partition coefficient (Wildman–Crippen LogP) is 0.584. The highest BCUT2D eigenvalue weighted by molar-refractivity contribution is 5.79. The van der Waals surface area contributed by atoms with Crippen LogP contribution in [0.15, 0.2) is 24.3 Å². The minimum atomic E-state index is 0.158. The van der Waals surface area contributed by atoms with Gasteiger partial charge in [-0.25, -0.2) is 0 Å². The number of hydrogen-bond donors (Lipinski definition) is 1. The summed E-state index contributed by atoms with van der Waals surface area (Å²) in [5.41, 5.74) is 1.12. The molecular formula is C11H14N2O2. The standard InChI is InChI=1S/C11H14N2O2/c1-15-10-4-2-9(3-5-10)7-13-8-12-6-11(13)14/h2-5,12H,6-8H2,1H3. The highest BCUT2D eigenvalue weighted by Crippen LogP contribution is 2.13. The molecule has 1 saturated heterocycles. The molecular weight excluding hydrogens is 192 g/mol. The van der Waals surface area contributed by atoms with E-state index >= 15 is 0 Å². The maximum atomic E-state index is 11.3. The molecule has 0 spiro atoms. The lowest BCUT2D eigenvalue weighted by Gasteiger charge is -2.14. The van der Waals surface area contributed by atoms with Crippen LogP contribution in [0.1, 0.15) is 5.56 Å². The smallest absolute Gasteiger partial charge is 0.237 e. The molecule has 0 unspecified atom stereocenters. The van der Waals surface area contributed by atoms with Crippen LogP contribution in [0.2, 0.25) is 0 Å². The fourth-order valence-electron chi connectivity index (χ4n) is 1.59. The number of methoxy groups -OCH3 is 1. The molecule has 1 aromatic rings. The fourth-order valence-corrected chi connectivity index (χ4v) is 1.59. The Morgan fingerprint density at radius 2 is 2.13 bits per heavy atom. The van der Waals surface area contributed by atoms with Gasteiger partial charge in [0, 0.05) is 6.54 Å². The van der Waals surface area contributed by atoms with Gasteiger partial charge in [-0.15, -0.1) is 0 Å². The Balaban J connectivity index is 2.01. The Morgan fingerprint density at radius 1 is 1.40 bits per heavy atom. The summed E-state index contributed by atoms with van der Waals surface area (Å²) in [5, 5.41) is 3.02. The van der Waals surface area contributed by atoms with E-state index in [1.807, 2.05) is 24.3 Å². The van der Waals surface area contributed by atoms with E-state index in [0.717, 1.165) is 11.3 Å². The fraction of sp³-hybridized carbons (Fsp3) is 0.364. The molecule has 1 N–H and O–H groups in total. The van der Waals surface area contributed by atoms with E-state index < -0.39 is 0 Å². The van der Waals surface area contributed by atoms with Crippen molar-refractivity contribution in [1.82, 2.24) is 10.2 Å². The van der Waals surface area contributed by atoms with Gasteiger partial charge in [0.25, 0.3) is 0 Å². The average molecular weight is 206 g/mol. The van der Waals surface area contributed by atoms with Gasteiger partial charge in [0.15, 0.2) is 0 Å². The van der Waals surface area contributed by atoms with E-state index in [2.05, 4.69) is 5.32 Å². The van der Waals surface area contributed by atoms with Crippen molar-refractivity contribution >= 4 is 5.91 Å². The second-order valence-electron chi connectivity index (χ2n) is 3.52. The highest BCUT2D eigenvalue weighted by Gasteiger charge is 2.19. The van der Waals surface area contributed by atoms with E-state index in [1.54, 1.807) is 12.0 Å². The Morgan fingerprint density at radius 3 is 2.67 bits per heavy atom. The summed E-state index contributed by atoms with van der Waals surface area (Å²) in [4.78, 5) is 13.1. The largest absolute Gasteiger partial charge is 0.497 e. The van der Waals surface area contributed by atoms with Gasteiger partial charge < -0.3 is 9.64 Å². The van der Waals surface area contributed by atoms with Crippen molar-refractivity contribution in [2.45, 2.75) is 6.54 Å². The second kappa shape index (κ2) is 4.31. The van der Waals surface area contributed by atoms with E-state index in [4.69, 9.17) is 4.74 Å². The molecule has 0 radical (unpaired) electrons. The zero-order valence-corrected chi connectivity index (χ0v) is 8.69. The van der Waals surface area contributed by atoms with Gasteiger partial charge in [-0.2, -0.15) is 0 Å². The quantitative estimate of drug-likeness (QED) is 0.786. The van der Waals surface area contributed by atoms with Gasteiger partial charge in [0.05, 0.1) is 20.3 Å². The normalized spacial score (nSPS) is 15.8. The predicted molar refractivity (Wildman–Crippen MR) is 56.4 cm³/mol. The van der Waals surface area contributed by atoms with Crippen LogP contribution in [-0.2, 0) is 11.3 Å². The Hall–Kier alpha value is -1.55. The summed E-state index contributed by atoms with van der Waals surface area (Å²) < 4.78 is 5.07. The van der Waals surface area contributed by atoms with Crippen molar-refractivity contribution in [2.24, 2.45) is 0 Å². The van der Waals surface area contributed by atoms with Crippen LogP contribution in [0, 0.1) is 0 Å². The van der Waals surface area contributed by atoms with Gasteiger partial charge in [0.2, 0.25) is 5.91 Å². The monoisotopic (exact) mass is 206 g/mol. The summed E-state index contributed by atoms with van der Waals surface area (Å²) in [6.45, 7) is 1.76. The molecule has 1 fully saturated rings. The van der Waals surface area contributed by atoms with Crippen LogP contribution in [-0.4, -0.2) is 31.1 Å². The molecule has 4 heteroatoms. The van der Waals surface area contributed by atoms with Crippen molar-refractivity contribution in [3.8, 4) is 5.75 Å². The highest BCUT2D eigenvalue weighted by atomic mass is 16.5. The summed E-state index contributed by atoms with van der Waals surface area (Å²) >= 11 is 0. The minimum Gasteiger partial charge on any atom is -0.497 e. The lowest BCUT2D eigenvalue weighted by atomic mass is 10.2. The Labute approximate surface area is 88.8 Å². The topological polar surface area (TPSA) is 41.6 Å². The van der Waals surface area contributed by atoms with Crippen LogP contribution in [0.4, 0.5) is 0 Å². The molecule has 1 aliphatic heterocycles. The lowest BCUT2D eigenvalue weighted by molar-refractivity contribution is -0.127. The number of amides is 1. The third-order valence-corrected chi connectivity index (χ3v) is 2.46. The summed E-state index contributed by atoms with van der Waals surface area (Å²) in [7, 11) is 1.64. The average Bonchev–Trinajstić information content (AvgIpc) is 2.66. The van der Waals surface area contributed by atoms with E-state index in [0.29, 0.717) is 19.8 Å². The molecule has 0 bridgehead atoms. The molecule has 0 aromatic heterocycles. The number of hydrogen-bond acceptors (Lipinski definition) is 3. The zero-order valence-electron chi connectivity index (χ0n) is 8.69. The third-order valence-electron chi connectivity index (χ3n) is 2.46. The zero-order chi connectivity index (χ0) is 10.7. The van der Waals surface area contributed by atoms with Crippen molar-refractivity contribution in [3.05, 3.63) is 29.8 Å². The molecule has 80 valence electrons. The van der Waals surface area contributed by atoms with Crippen LogP contribution >= 0.6 is 0 Å². The molecule has 1 aromatic carbocycles. The lowest BCUT2D eigenvalue weighted by Crippen LogP contribution is -2.25. The maximum absolute atomic E-state index is 11.3. The molecule has 0 atom stereocenters. The van der Waals surface area contributed by atoms with E-state index in [1.165, 1.54) is 0 Å². The first-order valence-electron chi connectivity index (χ1n) is 4.91. The van der Waals surface area contributed by atoms with Gasteiger partial charge in [-0.1, -0.05) is 12.1 Å². The third kappa shape index (κ3) is 2.27. The molecule has 2 rings (SSSR count). The van der Waals surface area contributed by atoms with Crippen molar-refractivity contribution in [1.29, 1.82) is 0 Å². The molecule has 1 aliphatic rings. The summed E-state index contributed by atoms with van der Waals surface area (Å²) in [6.07, 6.45) is 0. The number of nitrogens with zero attached hydrogens (tertiary/aromatic N) is 1. The molecule has 4 nitrogen and oxygen atoms in total. The van der Waals surface area contributed by atoms with Crippen LogP contribution in [0.25, 0.3) is 0 Å². The number of nitrogens with one attached hydrogen (secondary N) is 1. The summed E-state index contributed by atoms with van der Waals surface area (Å²) in [6, 6.07) is 7.77. The van der Waals surface area contributed by atoms with E-state index in [9.17, 15) is 4.79 Å². The number of ether oxygens (including phenoxy) is 1. The summed E-state index contributed by atoms with van der Waals surface area (Å²) in [5.74, 6) is 0.996. The SMILES string of the molecule is COc1ccc(CN2CNCC2=O)cc1. The number of rotatable bonds is 3. The van der Waals surface area contributed by atoms with Gasteiger partial charge in [-0.05, 0) is 17.7 Å². The number of carbonyl (C=O) groups excluding carboxylic acids is 1. The van der Waals surface area contributed by atoms with Crippen molar-refractivity contribution in [3.63, 3.8) is 0 Å². The first-order valence-corrected chi connectivity index (χ1v) is 4.91. The molecule has 15 heavy (non-hydrogen) atoms. The van der Waals surface area contributed by atoms with E-state index in [-0.39, 0.29) is 5.91 Å². The first kappa shape index (κ1) is 9.98. The molecule has 1 heterocycles. The second-order valence-corrected chi connectivity index (χ2v) is 3.52. The minimum absolute atomic E-state index is 0.158. The van der Waals surface area contributed by atoms with Crippen LogP contribution in [0.3, 0.4) is 0 Å². The number of carbonyl (C=O) groups is 1. The van der Waals surface area contributed by atoms with Gasteiger partial charge >= 0.3 is 0 Å². The molecule has 0 saturated carbocycles. The molecule has 1 amide bonds. The Kier molecular flexibility index (Phi) is 2.87. The Bertz CT molecular complexity index is 348. The van der Waals surface area contributed by atoms with Crippen molar-refractivity contribution in [2.75, 3.05) is 20.3 Å².